The molecular weight excluding hydrogens is 467 g/mol. The molecule has 0 saturated carbocycles. The summed E-state index contributed by atoms with van der Waals surface area (Å²) in [6.45, 7) is 0. The average Bonchev–Trinajstić information content (AvgIpc) is 3.51. The predicted octanol–water partition coefficient (Wildman–Crippen LogP) is 5.64. The van der Waals surface area contributed by atoms with Crippen molar-refractivity contribution in [1.29, 1.82) is 0 Å². The van der Waals surface area contributed by atoms with Crippen LogP contribution in [0.2, 0.25) is 10.0 Å². The van der Waals surface area contributed by atoms with Gasteiger partial charge in [-0.15, -0.1) is 16.4 Å². The van der Waals surface area contributed by atoms with Crippen LogP contribution >= 0.6 is 34.5 Å². The summed E-state index contributed by atoms with van der Waals surface area (Å²) in [7, 11) is 0. The van der Waals surface area contributed by atoms with Gasteiger partial charge in [-0.05, 0) is 30.3 Å². The molecule has 156 valence electrons. The first-order valence-electron chi connectivity index (χ1n) is 9.48. The number of aromatic nitrogens is 7. The van der Waals surface area contributed by atoms with Gasteiger partial charge in [-0.25, -0.2) is 19.2 Å². The van der Waals surface area contributed by atoms with E-state index in [1.165, 1.54) is 17.7 Å². The van der Waals surface area contributed by atoms with Crippen molar-refractivity contribution < 1.29 is 0 Å². The highest BCUT2D eigenvalue weighted by molar-refractivity contribution is 7.15. The molecule has 0 aliphatic heterocycles. The lowest BCUT2D eigenvalue weighted by Gasteiger charge is -2.04. The van der Waals surface area contributed by atoms with Gasteiger partial charge in [0.25, 0.3) is 0 Å². The Balaban J connectivity index is 1.39. The maximum Gasteiger partial charge on any atom is 0.249 e. The average molecular weight is 479 g/mol. The standard InChI is InChI=1S/C21H12Cl2N8S/c22-12-6-7-16(23)14(8-12)17-10-32-21-28-20(29-31(17)21)27-18-15-9-26-30(19(15)25-11-24-18)13-4-2-1-3-5-13/h1-11H,(H,24,25,27,29). The zero-order valence-corrected chi connectivity index (χ0v) is 18.5. The lowest BCUT2D eigenvalue weighted by atomic mass is 10.2. The number of thiazole rings is 1. The molecule has 6 aromatic rings. The highest BCUT2D eigenvalue weighted by atomic mass is 35.5. The highest BCUT2D eigenvalue weighted by Gasteiger charge is 2.17. The SMILES string of the molecule is Clc1ccc(Cl)c(-c2csc3nc(Nc4ncnc5c4cnn5-c4ccccc4)nn23)c1. The maximum atomic E-state index is 6.39. The predicted molar refractivity (Wildman–Crippen MR) is 126 cm³/mol. The van der Waals surface area contributed by atoms with E-state index in [2.05, 4.69) is 30.5 Å². The summed E-state index contributed by atoms with van der Waals surface area (Å²) in [5.41, 5.74) is 3.19. The molecule has 0 saturated heterocycles. The quantitative estimate of drug-likeness (QED) is 0.352. The van der Waals surface area contributed by atoms with E-state index < -0.39 is 0 Å². The topological polar surface area (TPSA) is 85.8 Å². The second kappa shape index (κ2) is 7.56. The van der Waals surface area contributed by atoms with Crippen LogP contribution in [-0.4, -0.2) is 34.3 Å². The Kier molecular flexibility index (Phi) is 4.53. The third-order valence-electron chi connectivity index (χ3n) is 4.88. The first kappa shape index (κ1) is 19.2. The van der Waals surface area contributed by atoms with Crippen LogP contribution in [0.5, 0.6) is 0 Å². The van der Waals surface area contributed by atoms with Gasteiger partial charge in [0.2, 0.25) is 10.9 Å². The van der Waals surface area contributed by atoms with Crippen molar-refractivity contribution in [3.05, 3.63) is 76.5 Å². The van der Waals surface area contributed by atoms with Crippen molar-refractivity contribution in [3.63, 3.8) is 0 Å². The van der Waals surface area contributed by atoms with Crippen molar-refractivity contribution in [2.24, 2.45) is 0 Å². The van der Waals surface area contributed by atoms with Crippen LogP contribution in [0, 0.1) is 0 Å². The molecule has 0 fully saturated rings. The van der Waals surface area contributed by atoms with Crippen molar-refractivity contribution in [1.82, 2.24) is 34.3 Å². The summed E-state index contributed by atoms with van der Waals surface area (Å²) in [6.07, 6.45) is 3.21. The molecule has 0 unspecified atom stereocenters. The molecule has 4 aromatic heterocycles. The largest absolute Gasteiger partial charge is 0.307 e. The van der Waals surface area contributed by atoms with E-state index in [-0.39, 0.29) is 0 Å². The number of anilines is 2. The van der Waals surface area contributed by atoms with E-state index >= 15 is 0 Å². The second-order valence-corrected chi connectivity index (χ2v) is 8.53. The third-order valence-corrected chi connectivity index (χ3v) is 6.26. The monoisotopic (exact) mass is 478 g/mol. The summed E-state index contributed by atoms with van der Waals surface area (Å²) < 4.78 is 3.50. The lowest BCUT2D eigenvalue weighted by molar-refractivity contribution is 0.895. The van der Waals surface area contributed by atoms with Gasteiger partial charge in [0.1, 0.15) is 12.1 Å². The molecule has 0 spiro atoms. The number of hydrogen-bond acceptors (Lipinski definition) is 7. The Morgan fingerprint density at radius 3 is 2.75 bits per heavy atom. The molecule has 0 radical (unpaired) electrons. The fourth-order valence-corrected chi connectivity index (χ4v) is 4.63. The number of para-hydroxylation sites is 1. The van der Waals surface area contributed by atoms with Gasteiger partial charge in [-0.3, -0.25) is 0 Å². The Morgan fingerprint density at radius 2 is 1.88 bits per heavy atom. The Hall–Kier alpha value is -3.53. The molecule has 11 heteroatoms. The smallest absolute Gasteiger partial charge is 0.249 e. The van der Waals surface area contributed by atoms with Crippen molar-refractivity contribution in [2.45, 2.75) is 0 Å². The zero-order chi connectivity index (χ0) is 21.7. The first-order valence-corrected chi connectivity index (χ1v) is 11.1. The van der Waals surface area contributed by atoms with Crippen molar-refractivity contribution in [3.8, 4) is 16.9 Å². The van der Waals surface area contributed by atoms with Crippen molar-refractivity contribution >= 4 is 62.3 Å². The van der Waals surface area contributed by atoms with Crippen LogP contribution in [0.25, 0.3) is 32.9 Å². The molecule has 0 aliphatic rings. The number of benzene rings is 2. The van der Waals surface area contributed by atoms with Gasteiger partial charge >= 0.3 is 0 Å². The molecule has 2 aromatic carbocycles. The summed E-state index contributed by atoms with van der Waals surface area (Å²) in [5, 5.41) is 16.2. The van der Waals surface area contributed by atoms with E-state index in [1.54, 1.807) is 27.5 Å². The molecule has 0 amide bonds. The first-order chi connectivity index (χ1) is 15.7. The van der Waals surface area contributed by atoms with Crippen LogP contribution in [0.4, 0.5) is 11.8 Å². The van der Waals surface area contributed by atoms with Gasteiger partial charge in [-0.2, -0.15) is 10.1 Å². The number of rotatable bonds is 4. The van der Waals surface area contributed by atoms with Gasteiger partial charge in [0.05, 0.1) is 28.0 Å². The lowest BCUT2D eigenvalue weighted by Crippen LogP contribution is -2.00. The third kappa shape index (κ3) is 3.18. The van der Waals surface area contributed by atoms with Gasteiger partial charge in [0.15, 0.2) is 5.65 Å². The number of hydrogen-bond donors (Lipinski definition) is 1. The van der Waals surface area contributed by atoms with Crippen LogP contribution in [-0.2, 0) is 0 Å². The summed E-state index contributed by atoms with van der Waals surface area (Å²) in [5.74, 6) is 0.974. The van der Waals surface area contributed by atoms with Crippen LogP contribution in [0.3, 0.4) is 0 Å². The van der Waals surface area contributed by atoms with E-state index in [4.69, 9.17) is 23.2 Å². The number of nitrogens with one attached hydrogen (secondary N) is 1. The minimum absolute atomic E-state index is 0.406. The molecule has 0 atom stereocenters. The van der Waals surface area contributed by atoms with E-state index in [0.29, 0.717) is 32.4 Å². The van der Waals surface area contributed by atoms with Crippen LogP contribution < -0.4 is 5.32 Å². The molecule has 8 nitrogen and oxygen atoms in total. The molecule has 1 N–H and O–H groups in total. The number of nitrogens with zero attached hydrogens (tertiary/aromatic N) is 7. The maximum absolute atomic E-state index is 6.39. The fraction of sp³-hybridized carbons (Fsp3) is 0. The summed E-state index contributed by atoms with van der Waals surface area (Å²) in [6, 6.07) is 15.1. The molecule has 6 rings (SSSR count). The zero-order valence-electron chi connectivity index (χ0n) is 16.1. The minimum Gasteiger partial charge on any atom is -0.307 e. The van der Waals surface area contributed by atoms with Crippen LogP contribution in [0.1, 0.15) is 0 Å². The number of halogens is 2. The molecular formula is C21H12Cl2N8S. The second-order valence-electron chi connectivity index (χ2n) is 6.85. The van der Waals surface area contributed by atoms with E-state index in [9.17, 15) is 0 Å². The summed E-state index contributed by atoms with van der Waals surface area (Å²) in [4.78, 5) is 14.1. The molecule has 4 heterocycles. The number of fused-ring (bicyclic) bond motifs is 2. The van der Waals surface area contributed by atoms with E-state index in [1.807, 2.05) is 41.8 Å². The Morgan fingerprint density at radius 1 is 1.00 bits per heavy atom. The fourth-order valence-electron chi connectivity index (χ4n) is 3.42. The molecule has 0 aliphatic carbocycles. The minimum atomic E-state index is 0.406. The van der Waals surface area contributed by atoms with E-state index in [0.717, 1.165) is 22.3 Å². The van der Waals surface area contributed by atoms with Gasteiger partial charge in [0, 0.05) is 16.0 Å². The molecule has 0 bridgehead atoms. The van der Waals surface area contributed by atoms with Crippen molar-refractivity contribution in [2.75, 3.05) is 5.32 Å². The summed E-state index contributed by atoms with van der Waals surface area (Å²) >= 11 is 14.0. The Bertz CT molecular complexity index is 1590. The Labute approximate surface area is 195 Å². The highest BCUT2D eigenvalue weighted by Crippen LogP contribution is 2.33. The van der Waals surface area contributed by atoms with Crippen LogP contribution in [0.15, 0.2) is 66.4 Å². The molecule has 32 heavy (non-hydrogen) atoms. The van der Waals surface area contributed by atoms with Gasteiger partial charge < -0.3 is 5.32 Å². The van der Waals surface area contributed by atoms with Gasteiger partial charge in [-0.1, -0.05) is 41.4 Å². The normalized spacial score (nSPS) is 11.4.